The van der Waals surface area contributed by atoms with Crippen LogP contribution >= 0.6 is 11.8 Å². The SMILES string of the molecule is O=C1SC[C@H](Cc2ccccc2)N1C(=O)[C@H](Cn1nnc2ccccc2c1=O)[C@@H](O)CCc1ccc(-c2cc(F)cc(F)c2)cc1. The summed E-state index contributed by atoms with van der Waals surface area (Å²) in [6, 6.07) is 26.2. The Morgan fingerprint density at radius 1 is 0.891 bits per heavy atom. The number of aliphatic hydroxyl groups excluding tert-OH is 1. The fourth-order valence-electron chi connectivity index (χ4n) is 5.74. The molecule has 0 saturated carbocycles. The number of hydrogen-bond donors (Lipinski definition) is 1. The van der Waals surface area contributed by atoms with Crippen LogP contribution in [0.5, 0.6) is 0 Å². The number of aliphatic hydroxyl groups is 1. The molecule has 0 bridgehead atoms. The molecule has 2 heterocycles. The monoisotopic (exact) mass is 640 g/mol. The lowest BCUT2D eigenvalue weighted by molar-refractivity contribution is -0.138. The molecule has 1 aromatic heterocycles. The zero-order chi connectivity index (χ0) is 32.2. The molecule has 2 amide bonds. The minimum Gasteiger partial charge on any atom is -0.392 e. The van der Waals surface area contributed by atoms with Crippen molar-refractivity contribution in [3.8, 4) is 11.1 Å². The van der Waals surface area contributed by atoms with Gasteiger partial charge >= 0.3 is 0 Å². The predicted octanol–water partition coefficient (Wildman–Crippen LogP) is 5.65. The van der Waals surface area contributed by atoms with Crippen molar-refractivity contribution in [1.29, 1.82) is 0 Å². The summed E-state index contributed by atoms with van der Waals surface area (Å²) in [5, 5.41) is 19.6. The Balaban J connectivity index is 1.25. The van der Waals surface area contributed by atoms with Gasteiger partial charge in [-0.25, -0.2) is 13.5 Å². The molecule has 5 aromatic rings. The van der Waals surface area contributed by atoms with Gasteiger partial charge in [0, 0.05) is 11.8 Å². The number of aromatic nitrogens is 3. The van der Waals surface area contributed by atoms with Crippen LogP contribution in [-0.4, -0.2) is 54.0 Å². The third kappa shape index (κ3) is 6.90. The van der Waals surface area contributed by atoms with E-state index in [2.05, 4.69) is 10.3 Å². The maximum absolute atomic E-state index is 14.2. The number of nitrogens with zero attached hydrogens (tertiary/aromatic N) is 4. The van der Waals surface area contributed by atoms with Crippen LogP contribution in [0.25, 0.3) is 22.0 Å². The number of hydrogen-bond acceptors (Lipinski definition) is 7. The van der Waals surface area contributed by atoms with E-state index in [1.807, 2.05) is 30.3 Å². The fraction of sp³-hybridized carbons (Fsp3) is 0.229. The highest BCUT2D eigenvalue weighted by molar-refractivity contribution is 8.14. The van der Waals surface area contributed by atoms with Crippen LogP contribution in [0.1, 0.15) is 17.5 Å². The molecule has 0 radical (unpaired) electrons. The Kier molecular flexibility index (Phi) is 9.32. The predicted molar refractivity (Wildman–Crippen MR) is 172 cm³/mol. The first-order chi connectivity index (χ1) is 22.3. The van der Waals surface area contributed by atoms with Crippen molar-refractivity contribution in [1.82, 2.24) is 19.9 Å². The van der Waals surface area contributed by atoms with E-state index in [1.165, 1.54) is 17.0 Å². The van der Waals surface area contributed by atoms with Gasteiger partial charge in [-0.05, 0) is 65.8 Å². The average Bonchev–Trinajstić information content (AvgIpc) is 3.42. The first-order valence-corrected chi connectivity index (χ1v) is 15.8. The quantitative estimate of drug-likeness (QED) is 0.210. The molecule has 1 saturated heterocycles. The van der Waals surface area contributed by atoms with Gasteiger partial charge in [-0.3, -0.25) is 19.3 Å². The van der Waals surface area contributed by atoms with Gasteiger partial charge in [-0.1, -0.05) is 83.7 Å². The smallest absolute Gasteiger partial charge is 0.288 e. The summed E-state index contributed by atoms with van der Waals surface area (Å²) in [6.07, 6.45) is -0.276. The van der Waals surface area contributed by atoms with Crippen molar-refractivity contribution in [3.05, 3.63) is 130 Å². The number of fused-ring (bicyclic) bond motifs is 1. The summed E-state index contributed by atoms with van der Waals surface area (Å²) in [4.78, 5) is 41.7. The highest BCUT2D eigenvalue weighted by Crippen LogP contribution is 2.30. The zero-order valence-corrected chi connectivity index (χ0v) is 25.4. The molecule has 234 valence electrons. The molecule has 0 aliphatic carbocycles. The highest BCUT2D eigenvalue weighted by atomic mass is 32.2. The normalized spacial score (nSPS) is 16.1. The molecule has 3 atom stereocenters. The van der Waals surface area contributed by atoms with Gasteiger partial charge in [0.1, 0.15) is 17.2 Å². The van der Waals surface area contributed by atoms with Crippen molar-refractivity contribution < 1.29 is 23.5 Å². The summed E-state index contributed by atoms with van der Waals surface area (Å²) in [6.45, 7) is -0.271. The maximum atomic E-state index is 14.2. The second kappa shape index (κ2) is 13.7. The summed E-state index contributed by atoms with van der Waals surface area (Å²) in [7, 11) is 0. The van der Waals surface area contributed by atoms with Crippen LogP contribution < -0.4 is 5.56 Å². The van der Waals surface area contributed by atoms with Crippen LogP contribution in [0.4, 0.5) is 13.6 Å². The number of amides is 2. The van der Waals surface area contributed by atoms with E-state index in [9.17, 15) is 28.3 Å². The van der Waals surface area contributed by atoms with E-state index in [0.29, 0.717) is 40.6 Å². The van der Waals surface area contributed by atoms with Gasteiger partial charge in [0.05, 0.1) is 30.0 Å². The van der Waals surface area contributed by atoms with Gasteiger partial charge in [0.25, 0.3) is 10.8 Å². The maximum Gasteiger partial charge on any atom is 0.288 e. The number of aryl methyl sites for hydroxylation is 1. The Morgan fingerprint density at radius 2 is 1.59 bits per heavy atom. The number of imide groups is 1. The fourth-order valence-corrected chi connectivity index (χ4v) is 6.72. The highest BCUT2D eigenvalue weighted by Gasteiger charge is 2.42. The first-order valence-electron chi connectivity index (χ1n) is 14.9. The van der Waals surface area contributed by atoms with E-state index >= 15 is 0 Å². The van der Waals surface area contributed by atoms with E-state index in [4.69, 9.17) is 0 Å². The van der Waals surface area contributed by atoms with Crippen LogP contribution in [0.2, 0.25) is 0 Å². The second-order valence-corrected chi connectivity index (χ2v) is 12.3. The number of benzene rings is 4. The number of rotatable bonds is 10. The van der Waals surface area contributed by atoms with E-state index in [-0.39, 0.29) is 13.0 Å². The second-order valence-electron chi connectivity index (χ2n) is 11.3. The molecule has 11 heteroatoms. The van der Waals surface area contributed by atoms with Gasteiger partial charge in [-0.2, -0.15) is 0 Å². The summed E-state index contributed by atoms with van der Waals surface area (Å²) in [5.74, 6) is -2.67. The molecule has 0 unspecified atom stereocenters. The molecule has 1 fully saturated rings. The lowest BCUT2D eigenvalue weighted by Gasteiger charge is -2.29. The van der Waals surface area contributed by atoms with E-state index in [0.717, 1.165) is 33.6 Å². The van der Waals surface area contributed by atoms with Crippen LogP contribution in [-0.2, 0) is 24.2 Å². The van der Waals surface area contributed by atoms with Crippen molar-refractivity contribution in [2.45, 2.75) is 38.0 Å². The first kappa shape index (κ1) is 31.3. The van der Waals surface area contributed by atoms with Crippen molar-refractivity contribution >= 4 is 33.8 Å². The Bertz CT molecular complexity index is 1920. The number of carbonyl (C=O) groups excluding carboxylic acids is 2. The topological polar surface area (TPSA) is 105 Å². The number of halogens is 2. The van der Waals surface area contributed by atoms with Crippen molar-refractivity contribution in [3.63, 3.8) is 0 Å². The molecular weight excluding hydrogens is 610 g/mol. The molecule has 6 rings (SSSR count). The van der Waals surface area contributed by atoms with Gasteiger partial charge < -0.3 is 5.11 Å². The molecular formula is C35H30F2N4O4S. The number of carbonyl (C=O) groups is 2. The third-order valence-electron chi connectivity index (χ3n) is 8.17. The Morgan fingerprint density at radius 3 is 2.33 bits per heavy atom. The van der Waals surface area contributed by atoms with Crippen molar-refractivity contribution in [2.75, 3.05) is 5.75 Å². The van der Waals surface area contributed by atoms with Gasteiger partial charge in [0.2, 0.25) is 5.91 Å². The minimum absolute atomic E-state index is 0.138. The molecule has 1 N–H and O–H groups in total. The Hall–Kier alpha value is -4.74. The lowest BCUT2D eigenvalue weighted by atomic mass is 9.93. The minimum atomic E-state index is -1.24. The third-order valence-corrected chi connectivity index (χ3v) is 9.17. The van der Waals surface area contributed by atoms with E-state index < -0.39 is 46.4 Å². The lowest BCUT2D eigenvalue weighted by Crippen LogP contribution is -2.48. The standard InChI is InChI=1S/C35H30F2N4O4S/c36-26-17-25(18-27(37)19-26)24-13-10-22(11-14-24)12-15-32(42)30(20-40-33(43)29-8-4-5-9-31(29)38-39-40)34(44)41-28(21-46-35(41)45)16-23-6-2-1-3-7-23/h1-11,13-14,17-19,28,30,32,42H,12,15-16,20-21H2/t28-,30+,32-/m0/s1. The molecule has 1 aliphatic rings. The summed E-state index contributed by atoms with van der Waals surface area (Å²) in [5.41, 5.74) is 2.77. The molecule has 4 aromatic carbocycles. The van der Waals surface area contributed by atoms with Crippen molar-refractivity contribution in [2.24, 2.45) is 5.92 Å². The largest absolute Gasteiger partial charge is 0.392 e. The van der Waals surface area contributed by atoms with Crippen LogP contribution in [0, 0.1) is 17.6 Å². The van der Waals surface area contributed by atoms with Crippen LogP contribution in [0.3, 0.4) is 0 Å². The molecule has 46 heavy (non-hydrogen) atoms. The summed E-state index contributed by atoms with van der Waals surface area (Å²) < 4.78 is 28.5. The van der Waals surface area contributed by atoms with E-state index in [1.54, 1.807) is 48.5 Å². The van der Waals surface area contributed by atoms with Gasteiger partial charge in [-0.15, -0.1) is 5.10 Å². The average molecular weight is 641 g/mol. The molecule has 0 spiro atoms. The summed E-state index contributed by atoms with van der Waals surface area (Å²) >= 11 is 1.05. The van der Waals surface area contributed by atoms with Crippen LogP contribution in [0.15, 0.2) is 102 Å². The van der Waals surface area contributed by atoms with Gasteiger partial charge in [0.15, 0.2) is 0 Å². The molecule has 8 nitrogen and oxygen atoms in total. The number of thioether (sulfide) groups is 1. The molecule has 1 aliphatic heterocycles. The zero-order valence-electron chi connectivity index (χ0n) is 24.6. The Labute approximate surface area is 267 Å².